The molecule has 4 N–H and O–H groups in total. The van der Waals surface area contributed by atoms with E-state index in [4.69, 9.17) is 11.6 Å². The van der Waals surface area contributed by atoms with Gasteiger partial charge in [0, 0.05) is 37.3 Å². The summed E-state index contributed by atoms with van der Waals surface area (Å²) in [5, 5.41) is 3.37. The van der Waals surface area contributed by atoms with Crippen LogP contribution in [-0.4, -0.2) is 69.6 Å². The van der Waals surface area contributed by atoms with Crippen molar-refractivity contribution in [3.63, 3.8) is 0 Å². The van der Waals surface area contributed by atoms with E-state index in [0.29, 0.717) is 17.7 Å². The average molecular weight is 463 g/mol. The average Bonchev–Trinajstić information content (AvgIpc) is 2.79. The second kappa shape index (κ2) is 10.8. The van der Waals surface area contributed by atoms with Gasteiger partial charge in [0.25, 0.3) is 0 Å². The Morgan fingerprint density at radius 3 is 2.44 bits per heavy atom. The second-order valence-electron chi connectivity index (χ2n) is 7.98. The van der Waals surface area contributed by atoms with Gasteiger partial charge in [-0.1, -0.05) is 30.3 Å². The van der Waals surface area contributed by atoms with Crippen molar-refractivity contribution in [2.24, 2.45) is 16.7 Å². The van der Waals surface area contributed by atoms with Crippen molar-refractivity contribution in [2.75, 3.05) is 49.8 Å². The molecule has 1 saturated heterocycles. The molecule has 1 aliphatic heterocycles. The fourth-order valence-electron chi connectivity index (χ4n) is 3.66. The maximum absolute atomic E-state index is 14.8. The zero-order valence-electron chi connectivity index (χ0n) is 18.3. The largest absolute Gasteiger partial charge is 0.382 e. The first kappa shape index (κ1) is 24.0. The van der Waals surface area contributed by atoms with E-state index >= 15 is 0 Å². The van der Waals surface area contributed by atoms with E-state index in [1.54, 1.807) is 30.3 Å². The molecule has 1 heterocycles. The van der Waals surface area contributed by atoms with Crippen molar-refractivity contribution >= 4 is 21.5 Å². The third kappa shape index (κ3) is 6.18. The molecular weight excluding hydrogens is 431 g/mol. The van der Waals surface area contributed by atoms with Crippen LogP contribution >= 0.6 is 0 Å². The molecule has 32 heavy (non-hydrogen) atoms. The monoisotopic (exact) mass is 462 g/mol. The lowest BCUT2D eigenvalue weighted by Gasteiger charge is -2.32. The van der Waals surface area contributed by atoms with Gasteiger partial charge >= 0.3 is 0 Å². The first-order valence-electron chi connectivity index (χ1n) is 10.6. The Balaban J connectivity index is 1.75. The standard InChI is InChI=1S/C22H31FN6O2S/c1-27-11-13-28(14-12-27)10-5-15-32(30,31)29(20-6-3-2-4-7-20)17-19-9-8-18(16-21(19)23)22(24)26-25/h2-4,6-9,16H,5,10-15,17,25H2,1H3,(H2,24,26). The summed E-state index contributed by atoms with van der Waals surface area (Å²) in [6.45, 7) is 4.44. The summed E-state index contributed by atoms with van der Waals surface area (Å²) in [7, 11) is -1.59. The predicted molar refractivity (Wildman–Crippen MR) is 126 cm³/mol. The Morgan fingerprint density at radius 2 is 1.81 bits per heavy atom. The third-order valence-corrected chi connectivity index (χ3v) is 7.47. The van der Waals surface area contributed by atoms with E-state index < -0.39 is 15.8 Å². The van der Waals surface area contributed by atoms with Crippen LogP contribution in [0, 0.1) is 5.82 Å². The lowest BCUT2D eigenvalue weighted by molar-refractivity contribution is 0.154. The normalized spacial score (nSPS) is 16.2. The Labute approximate surface area is 189 Å². The Morgan fingerprint density at radius 1 is 1.12 bits per heavy atom. The number of sulfonamides is 1. The van der Waals surface area contributed by atoms with Gasteiger partial charge in [0.15, 0.2) is 0 Å². The highest BCUT2D eigenvalue weighted by molar-refractivity contribution is 7.92. The molecule has 8 nitrogen and oxygen atoms in total. The van der Waals surface area contributed by atoms with Crippen LogP contribution in [0.5, 0.6) is 0 Å². The molecule has 0 bridgehead atoms. The van der Waals surface area contributed by atoms with Crippen LogP contribution in [-0.2, 0) is 16.6 Å². The first-order valence-corrected chi connectivity index (χ1v) is 12.2. The number of anilines is 1. The fraction of sp³-hybridized carbons (Fsp3) is 0.409. The van der Waals surface area contributed by atoms with Gasteiger partial charge in [-0.2, -0.15) is 5.10 Å². The van der Waals surface area contributed by atoms with Gasteiger partial charge < -0.3 is 21.4 Å². The minimum absolute atomic E-state index is 0.00638. The summed E-state index contributed by atoms with van der Waals surface area (Å²) < 4.78 is 42.6. The highest BCUT2D eigenvalue weighted by Crippen LogP contribution is 2.23. The van der Waals surface area contributed by atoms with Crippen LogP contribution in [0.4, 0.5) is 10.1 Å². The van der Waals surface area contributed by atoms with Crippen LogP contribution in [0.15, 0.2) is 53.6 Å². The molecule has 1 aliphatic rings. The summed E-state index contributed by atoms with van der Waals surface area (Å²) in [4.78, 5) is 4.54. The van der Waals surface area contributed by atoms with E-state index in [0.717, 1.165) is 32.7 Å². The maximum Gasteiger partial charge on any atom is 0.235 e. The smallest absolute Gasteiger partial charge is 0.235 e. The zero-order chi connectivity index (χ0) is 23.1. The van der Waals surface area contributed by atoms with Gasteiger partial charge in [-0.3, -0.25) is 4.31 Å². The van der Waals surface area contributed by atoms with E-state index in [1.807, 2.05) is 6.07 Å². The van der Waals surface area contributed by atoms with Crippen molar-refractivity contribution in [1.29, 1.82) is 0 Å². The number of hydrazone groups is 1. The molecule has 0 aromatic heterocycles. The van der Waals surface area contributed by atoms with Crippen molar-refractivity contribution in [1.82, 2.24) is 9.80 Å². The summed E-state index contributed by atoms with van der Waals surface area (Å²) in [6.07, 6.45) is 0.514. The number of para-hydroxylation sites is 1. The molecule has 0 radical (unpaired) electrons. The molecule has 10 heteroatoms. The summed E-state index contributed by atoms with van der Waals surface area (Å²) in [6, 6.07) is 13.1. The molecule has 3 rings (SSSR count). The summed E-state index contributed by atoms with van der Waals surface area (Å²) in [5.41, 5.74) is 6.73. The number of likely N-dealkylation sites (N-methyl/N-ethyl adjacent to an activating group) is 1. The highest BCUT2D eigenvalue weighted by atomic mass is 32.2. The number of amidine groups is 1. The molecule has 0 unspecified atom stereocenters. The van der Waals surface area contributed by atoms with E-state index in [2.05, 4.69) is 21.9 Å². The molecular formula is C22H31FN6O2S. The van der Waals surface area contributed by atoms with Crippen molar-refractivity contribution in [2.45, 2.75) is 13.0 Å². The second-order valence-corrected chi connectivity index (χ2v) is 9.99. The van der Waals surface area contributed by atoms with Crippen LogP contribution in [0.3, 0.4) is 0 Å². The van der Waals surface area contributed by atoms with E-state index in [9.17, 15) is 12.8 Å². The third-order valence-electron chi connectivity index (χ3n) is 5.65. The number of hydrogen-bond acceptors (Lipinski definition) is 6. The first-order chi connectivity index (χ1) is 15.3. The number of nitrogens with zero attached hydrogens (tertiary/aromatic N) is 4. The molecule has 2 aromatic carbocycles. The van der Waals surface area contributed by atoms with E-state index in [1.165, 1.54) is 16.4 Å². The minimum Gasteiger partial charge on any atom is -0.382 e. The summed E-state index contributed by atoms with van der Waals surface area (Å²) in [5.74, 6) is 4.59. The lowest BCUT2D eigenvalue weighted by atomic mass is 10.1. The molecule has 0 spiro atoms. The number of halogens is 1. The Bertz CT molecular complexity index is 1020. The van der Waals surface area contributed by atoms with Crippen LogP contribution < -0.4 is 15.9 Å². The predicted octanol–water partition coefficient (Wildman–Crippen LogP) is 1.38. The number of hydrogen-bond donors (Lipinski definition) is 2. The minimum atomic E-state index is -3.67. The number of nitrogens with two attached hydrogens (primary N) is 2. The molecule has 0 atom stereocenters. The molecule has 1 fully saturated rings. The van der Waals surface area contributed by atoms with Gasteiger partial charge in [0.05, 0.1) is 18.0 Å². The molecule has 0 aliphatic carbocycles. The Kier molecular flexibility index (Phi) is 8.05. The summed E-state index contributed by atoms with van der Waals surface area (Å²) >= 11 is 0. The van der Waals surface area contributed by atoms with Crippen molar-refractivity contribution < 1.29 is 12.8 Å². The zero-order valence-corrected chi connectivity index (χ0v) is 19.1. The maximum atomic E-state index is 14.8. The number of rotatable bonds is 9. The quantitative estimate of drug-likeness (QED) is 0.252. The Hall–Kier alpha value is -2.69. The molecule has 0 amide bonds. The van der Waals surface area contributed by atoms with Crippen molar-refractivity contribution in [3.8, 4) is 0 Å². The van der Waals surface area contributed by atoms with Gasteiger partial charge in [-0.25, -0.2) is 12.8 Å². The number of benzene rings is 2. The highest BCUT2D eigenvalue weighted by Gasteiger charge is 2.24. The lowest BCUT2D eigenvalue weighted by Crippen LogP contribution is -2.45. The SMILES string of the molecule is CN1CCN(CCCS(=O)(=O)N(Cc2ccc(C(N)=NN)cc2F)c2ccccc2)CC1. The van der Waals surface area contributed by atoms with Crippen molar-refractivity contribution in [3.05, 3.63) is 65.5 Å². The van der Waals surface area contributed by atoms with Gasteiger partial charge in [0.1, 0.15) is 11.7 Å². The van der Waals surface area contributed by atoms with E-state index in [-0.39, 0.29) is 23.7 Å². The van der Waals surface area contributed by atoms with Gasteiger partial charge in [-0.15, -0.1) is 0 Å². The van der Waals surface area contributed by atoms with Crippen LogP contribution in [0.25, 0.3) is 0 Å². The molecule has 174 valence electrons. The number of piperazine rings is 1. The van der Waals surface area contributed by atoms with Gasteiger partial charge in [-0.05, 0) is 38.2 Å². The topological polar surface area (TPSA) is 108 Å². The van der Waals surface area contributed by atoms with Crippen LogP contribution in [0.2, 0.25) is 0 Å². The molecule has 0 saturated carbocycles. The van der Waals surface area contributed by atoms with Crippen LogP contribution in [0.1, 0.15) is 17.5 Å². The fourth-order valence-corrected chi connectivity index (χ4v) is 5.15. The van der Waals surface area contributed by atoms with Gasteiger partial charge in [0.2, 0.25) is 10.0 Å². The molecule has 2 aromatic rings.